The molecule has 1 heteroatoms. The molecule has 1 fully saturated rings. The lowest BCUT2D eigenvalue weighted by atomic mass is 10.1. The summed E-state index contributed by atoms with van der Waals surface area (Å²) >= 11 is 0. The normalized spacial score (nSPS) is 15.2. The van der Waals surface area contributed by atoms with E-state index in [-0.39, 0.29) is 0 Å². The Hall–Kier alpha value is -2.04. The van der Waals surface area contributed by atoms with Gasteiger partial charge in [0, 0.05) is 17.7 Å². The van der Waals surface area contributed by atoms with Gasteiger partial charge in [-0.05, 0) is 55.8 Å². The van der Waals surface area contributed by atoms with Gasteiger partial charge in [-0.25, -0.2) is 0 Å². The van der Waals surface area contributed by atoms with E-state index in [1.54, 1.807) is 0 Å². The number of benzene rings is 2. The van der Waals surface area contributed by atoms with Crippen LogP contribution in [0.1, 0.15) is 36.0 Å². The third-order valence-electron chi connectivity index (χ3n) is 3.93. The van der Waals surface area contributed by atoms with E-state index < -0.39 is 0 Å². The summed E-state index contributed by atoms with van der Waals surface area (Å²) in [6.45, 7) is 3.57. The topological polar surface area (TPSA) is 3.24 Å². The largest absolute Gasteiger partial charge is 0.299 e. The van der Waals surface area contributed by atoms with Gasteiger partial charge in [0.25, 0.3) is 0 Å². The molecule has 1 aliphatic rings. The van der Waals surface area contributed by atoms with Crippen LogP contribution in [0.2, 0.25) is 0 Å². The number of rotatable bonds is 2. The minimum Gasteiger partial charge on any atom is -0.299 e. The lowest BCUT2D eigenvalue weighted by molar-refractivity contribution is 0.221. The average molecular weight is 275 g/mol. The van der Waals surface area contributed by atoms with Gasteiger partial charge in [-0.15, -0.1) is 0 Å². The van der Waals surface area contributed by atoms with Gasteiger partial charge in [0.2, 0.25) is 0 Å². The first-order valence-electron chi connectivity index (χ1n) is 7.78. The molecule has 1 saturated heterocycles. The Morgan fingerprint density at radius 1 is 0.714 bits per heavy atom. The molecule has 0 spiro atoms. The van der Waals surface area contributed by atoms with Crippen LogP contribution in [-0.2, 0) is 6.54 Å². The van der Waals surface area contributed by atoms with Gasteiger partial charge in [0.15, 0.2) is 0 Å². The molecule has 0 N–H and O–H groups in total. The van der Waals surface area contributed by atoms with Crippen molar-refractivity contribution in [2.24, 2.45) is 0 Å². The molecule has 1 nitrogen and oxygen atoms in total. The predicted molar refractivity (Wildman–Crippen MR) is 88.0 cm³/mol. The van der Waals surface area contributed by atoms with Crippen LogP contribution in [0.5, 0.6) is 0 Å². The van der Waals surface area contributed by atoms with E-state index in [4.69, 9.17) is 0 Å². The second-order valence-corrected chi connectivity index (χ2v) is 5.65. The molecule has 0 aromatic heterocycles. The lowest BCUT2D eigenvalue weighted by Crippen LogP contribution is -2.29. The second kappa shape index (κ2) is 7.11. The number of hydrogen-bond donors (Lipinski definition) is 0. The molecule has 0 bridgehead atoms. The van der Waals surface area contributed by atoms with E-state index in [9.17, 15) is 0 Å². The van der Waals surface area contributed by atoms with E-state index in [2.05, 4.69) is 41.0 Å². The van der Waals surface area contributed by atoms with Crippen LogP contribution in [0.3, 0.4) is 0 Å². The molecule has 1 heterocycles. The summed E-state index contributed by atoms with van der Waals surface area (Å²) in [6.07, 6.45) is 4.09. The lowest BCUT2D eigenvalue weighted by Gasteiger charge is -2.26. The summed E-state index contributed by atoms with van der Waals surface area (Å²) in [7, 11) is 0. The fourth-order valence-corrected chi connectivity index (χ4v) is 2.74. The van der Waals surface area contributed by atoms with E-state index in [0.717, 1.165) is 17.7 Å². The van der Waals surface area contributed by atoms with Crippen molar-refractivity contribution < 1.29 is 0 Å². The van der Waals surface area contributed by atoms with Gasteiger partial charge in [-0.3, -0.25) is 4.90 Å². The zero-order chi connectivity index (χ0) is 14.3. The quantitative estimate of drug-likeness (QED) is 0.747. The molecule has 0 radical (unpaired) electrons. The Bertz CT molecular complexity index is 610. The SMILES string of the molecule is C(#Cc1ccc(CN2CCCCC2)cc1)c1ccccc1. The maximum absolute atomic E-state index is 3.23. The Labute approximate surface area is 127 Å². The summed E-state index contributed by atoms with van der Waals surface area (Å²) < 4.78 is 0. The maximum Gasteiger partial charge on any atom is 0.0249 e. The molecular weight excluding hydrogens is 254 g/mol. The van der Waals surface area contributed by atoms with Gasteiger partial charge in [0.05, 0.1) is 0 Å². The Morgan fingerprint density at radius 2 is 1.33 bits per heavy atom. The minimum absolute atomic E-state index is 1.06. The average Bonchev–Trinajstić information content (AvgIpc) is 2.56. The van der Waals surface area contributed by atoms with E-state index in [1.807, 2.05) is 30.3 Å². The first-order valence-corrected chi connectivity index (χ1v) is 7.78. The van der Waals surface area contributed by atoms with E-state index >= 15 is 0 Å². The van der Waals surface area contributed by atoms with Crippen LogP contribution in [-0.4, -0.2) is 18.0 Å². The van der Waals surface area contributed by atoms with Crippen LogP contribution in [0.15, 0.2) is 54.6 Å². The first-order chi connectivity index (χ1) is 10.4. The van der Waals surface area contributed by atoms with Crippen LogP contribution in [0.25, 0.3) is 0 Å². The zero-order valence-electron chi connectivity index (χ0n) is 12.4. The van der Waals surface area contributed by atoms with E-state index in [0.29, 0.717) is 0 Å². The summed E-state index contributed by atoms with van der Waals surface area (Å²) in [5, 5.41) is 0. The highest BCUT2D eigenvalue weighted by molar-refractivity contribution is 5.43. The molecule has 0 saturated carbocycles. The van der Waals surface area contributed by atoms with Crippen molar-refractivity contribution >= 4 is 0 Å². The van der Waals surface area contributed by atoms with E-state index in [1.165, 1.54) is 37.9 Å². The van der Waals surface area contributed by atoms with Crippen molar-refractivity contribution in [3.05, 3.63) is 71.3 Å². The molecule has 0 aliphatic carbocycles. The minimum atomic E-state index is 1.06. The highest BCUT2D eigenvalue weighted by Crippen LogP contribution is 2.13. The highest BCUT2D eigenvalue weighted by atomic mass is 15.1. The Morgan fingerprint density at radius 3 is 2.00 bits per heavy atom. The molecule has 3 rings (SSSR count). The molecular formula is C20H21N. The number of likely N-dealkylation sites (tertiary alicyclic amines) is 1. The first kappa shape index (κ1) is 13.9. The molecule has 0 amide bonds. The molecule has 2 aromatic rings. The van der Waals surface area contributed by atoms with Gasteiger partial charge < -0.3 is 0 Å². The van der Waals surface area contributed by atoms with Crippen molar-refractivity contribution in [2.45, 2.75) is 25.8 Å². The van der Waals surface area contributed by atoms with Gasteiger partial charge in [-0.2, -0.15) is 0 Å². The number of piperidine rings is 1. The summed E-state index contributed by atoms with van der Waals surface area (Å²) in [6, 6.07) is 18.8. The van der Waals surface area contributed by atoms with Crippen molar-refractivity contribution in [2.75, 3.05) is 13.1 Å². The van der Waals surface area contributed by atoms with Gasteiger partial charge >= 0.3 is 0 Å². The monoisotopic (exact) mass is 275 g/mol. The third kappa shape index (κ3) is 4.21. The fraction of sp³-hybridized carbons (Fsp3) is 0.300. The molecule has 1 aliphatic heterocycles. The van der Waals surface area contributed by atoms with Crippen molar-refractivity contribution in [1.29, 1.82) is 0 Å². The molecule has 21 heavy (non-hydrogen) atoms. The van der Waals surface area contributed by atoms with Crippen LogP contribution < -0.4 is 0 Å². The zero-order valence-corrected chi connectivity index (χ0v) is 12.4. The Balaban J connectivity index is 1.63. The Kier molecular flexibility index (Phi) is 4.71. The number of hydrogen-bond acceptors (Lipinski definition) is 1. The summed E-state index contributed by atoms with van der Waals surface area (Å²) in [5.74, 6) is 6.43. The molecule has 2 aromatic carbocycles. The smallest absolute Gasteiger partial charge is 0.0249 e. The van der Waals surface area contributed by atoms with Gasteiger partial charge in [-0.1, -0.05) is 48.6 Å². The summed E-state index contributed by atoms with van der Waals surface area (Å²) in [4.78, 5) is 2.55. The standard InChI is InChI=1S/C20H21N/c1-3-7-18(8-4-1)9-10-19-11-13-20(14-12-19)17-21-15-5-2-6-16-21/h1,3-4,7-8,11-14H,2,5-6,15-17H2. The third-order valence-corrected chi connectivity index (χ3v) is 3.93. The molecule has 0 unspecified atom stereocenters. The van der Waals surface area contributed by atoms with Crippen molar-refractivity contribution in [3.63, 3.8) is 0 Å². The second-order valence-electron chi connectivity index (χ2n) is 5.65. The fourth-order valence-electron chi connectivity index (χ4n) is 2.74. The van der Waals surface area contributed by atoms with Crippen LogP contribution in [0, 0.1) is 11.8 Å². The maximum atomic E-state index is 3.23. The van der Waals surface area contributed by atoms with Crippen molar-refractivity contribution in [1.82, 2.24) is 4.90 Å². The highest BCUT2D eigenvalue weighted by Gasteiger charge is 2.09. The van der Waals surface area contributed by atoms with Crippen molar-refractivity contribution in [3.8, 4) is 11.8 Å². The molecule has 106 valence electrons. The van der Waals surface area contributed by atoms with Crippen LogP contribution in [0.4, 0.5) is 0 Å². The number of nitrogens with zero attached hydrogens (tertiary/aromatic N) is 1. The molecule has 0 atom stereocenters. The van der Waals surface area contributed by atoms with Crippen LogP contribution >= 0.6 is 0 Å². The van der Waals surface area contributed by atoms with Gasteiger partial charge in [0.1, 0.15) is 0 Å². The summed E-state index contributed by atoms with van der Waals surface area (Å²) in [5.41, 5.74) is 3.54. The predicted octanol–water partition coefficient (Wildman–Crippen LogP) is 4.07.